The van der Waals surface area contributed by atoms with Crippen molar-refractivity contribution in [2.24, 2.45) is 5.92 Å². The highest BCUT2D eigenvalue weighted by Gasteiger charge is 2.36. The van der Waals surface area contributed by atoms with Gasteiger partial charge in [0.05, 0.1) is 6.54 Å². The minimum atomic E-state index is -3.69. The van der Waals surface area contributed by atoms with Crippen molar-refractivity contribution in [3.05, 3.63) is 35.6 Å². The SMILES string of the molecule is C[C@@H]1CCCN(C(=O)CN2CCCN(Cc3ccc(F)cc3)S2(=O)=O)C1. The van der Waals surface area contributed by atoms with Crippen LogP contribution >= 0.6 is 0 Å². The monoisotopic (exact) mass is 383 g/mol. The lowest BCUT2D eigenvalue weighted by molar-refractivity contribution is -0.133. The third-order valence-corrected chi connectivity index (χ3v) is 6.99. The zero-order valence-corrected chi connectivity index (χ0v) is 15.9. The van der Waals surface area contributed by atoms with Gasteiger partial charge in [-0.3, -0.25) is 4.79 Å². The fraction of sp³-hybridized carbons (Fsp3) is 0.611. The van der Waals surface area contributed by atoms with E-state index in [1.54, 1.807) is 17.0 Å². The summed E-state index contributed by atoms with van der Waals surface area (Å²) in [6, 6.07) is 5.82. The van der Waals surface area contributed by atoms with E-state index in [2.05, 4.69) is 6.92 Å². The van der Waals surface area contributed by atoms with Gasteiger partial charge in [0.1, 0.15) is 5.82 Å². The second-order valence-electron chi connectivity index (χ2n) is 7.24. The molecule has 6 nitrogen and oxygen atoms in total. The second kappa shape index (κ2) is 8.02. The number of benzene rings is 1. The molecule has 8 heteroatoms. The summed E-state index contributed by atoms with van der Waals surface area (Å²) >= 11 is 0. The average Bonchev–Trinajstić information content (AvgIpc) is 2.60. The van der Waals surface area contributed by atoms with Crippen molar-refractivity contribution >= 4 is 16.1 Å². The maximum Gasteiger partial charge on any atom is 0.282 e. The van der Waals surface area contributed by atoms with Gasteiger partial charge in [-0.15, -0.1) is 0 Å². The van der Waals surface area contributed by atoms with Gasteiger partial charge in [0.2, 0.25) is 5.91 Å². The summed E-state index contributed by atoms with van der Waals surface area (Å²) in [6.07, 6.45) is 2.75. The Morgan fingerprint density at radius 1 is 1.12 bits per heavy atom. The molecule has 1 amide bonds. The van der Waals surface area contributed by atoms with Crippen LogP contribution in [0.5, 0.6) is 0 Å². The normalized spacial score (nSPS) is 24.5. The molecule has 0 N–H and O–H groups in total. The van der Waals surface area contributed by atoms with Crippen molar-refractivity contribution in [2.45, 2.75) is 32.7 Å². The maximum absolute atomic E-state index is 13.0. The van der Waals surface area contributed by atoms with E-state index in [4.69, 9.17) is 0 Å². The Labute approximate surface area is 154 Å². The van der Waals surface area contributed by atoms with Crippen molar-refractivity contribution in [1.29, 1.82) is 0 Å². The molecule has 2 aliphatic rings. The molecule has 2 saturated heterocycles. The molecule has 0 saturated carbocycles. The first-order valence-electron chi connectivity index (χ1n) is 9.13. The van der Waals surface area contributed by atoms with E-state index in [9.17, 15) is 17.6 Å². The lowest BCUT2D eigenvalue weighted by Crippen LogP contribution is -2.53. The van der Waals surface area contributed by atoms with Crippen LogP contribution in [0.2, 0.25) is 0 Å². The van der Waals surface area contributed by atoms with Gasteiger partial charge in [-0.2, -0.15) is 17.0 Å². The molecule has 0 spiro atoms. The predicted octanol–water partition coefficient (Wildman–Crippen LogP) is 1.84. The third-order valence-electron chi connectivity index (χ3n) is 5.06. The van der Waals surface area contributed by atoms with Crippen LogP contribution in [-0.2, 0) is 21.5 Å². The number of halogens is 1. The van der Waals surface area contributed by atoms with Crippen molar-refractivity contribution < 1.29 is 17.6 Å². The first kappa shape index (κ1) is 19.3. The number of likely N-dealkylation sites (tertiary alicyclic amines) is 1. The van der Waals surface area contributed by atoms with Gasteiger partial charge in [-0.25, -0.2) is 4.39 Å². The summed E-state index contributed by atoms with van der Waals surface area (Å²) in [4.78, 5) is 14.3. The summed E-state index contributed by atoms with van der Waals surface area (Å²) in [7, 11) is -3.69. The molecule has 3 rings (SSSR count). The number of nitrogens with zero attached hydrogens (tertiary/aromatic N) is 3. The highest BCUT2D eigenvalue weighted by molar-refractivity contribution is 7.86. The van der Waals surface area contributed by atoms with Gasteiger partial charge in [0.25, 0.3) is 10.2 Å². The fourth-order valence-corrected chi connectivity index (χ4v) is 5.23. The fourth-order valence-electron chi connectivity index (χ4n) is 3.60. The number of hydrogen-bond donors (Lipinski definition) is 0. The van der Waals surface area contributed by atoms with Gasteiger partial charge in [0, 0.05) is 32.7 Å². The Balaban J connectivity index is 1.66. The molecule has 144 valence electrons. The Morgan fingerprint density at radius 2 is 1.81 bits per heavy atom. The van der Waals surface area contributed by atoms with E-state index in [0.29, 0.717) is 38.5 Å². The van der Waals surface area contributed by atoms with E-state index in [1.807, 2.05) is 0 Å². The van der Waals surface area contributed by atoms with Crippen LogP contribution in [0.3, 0.4) is 0 Å². The first-order valence-corrected chi connectivity index (χ1v) is 10.5. The predicted molar refractivity (Wildman–Crippen MR) is 96.9 cm³/mol. The molecule has 1 atom stereocenters. The van der Waals surface area contributed by atoms with Crippen molar-refractivity contribution in [3.8, 4) is 0 Å². The van der Waals surface area contributed by atoms with Crippen LogP contribution in [0.15, 0.2) is 24.3 Å². The molecule has 26 heavy (non-hydrogen) atoms. The van der Waals surface area contributed by atoms with Crippen LogP contribution < -0.4 is 0 Å². The largest absolute Gasteiger partial charge is 0.341 e. The number of carbonyl (C=O) groups excluding carboxylic acids is 1. The van der Waals surface area contributed by atoms with E-state index >= 15 is 0 Å². The van der Waals surface area contributed by atoms with Crippen molar-refractivity contribution in [3.63, 3.8) is 0 Å². The zero-order valence-electron chi connectivity index (χ0n) is 15.1. The lowest BCUT2D eigenvalue weighted by atomic mass is 10.0. The third kappa shape index (κ3) is 4.42. The number of piperidine rings is 1. The number of carbonyl (C=O) groups is 1. The van der Waals surface area contributed by atoms with E-state index < -0.39 is 10.2 Å². The van der Waals surface area contributed by atoms with Crippen LogP contribution in [0.1, 0.15) is 31.7 Å². The summed E-state index contributed by atoms with van der Waals surface area (Å²) in [6.45, 7) is 4.37. The molecule has 0 aromatic heterocycles. The van der Waals surface area contributed by atoms with Gasteiger partial charge >= 0.3 is 0 Å². The van der Waals surface area contributed by atoms with Gasteiger partial charge in [0.15, 0.2) is 0 Å². The van der Waals surface area contributed by atoms with Crippen molar-refractivity contribution in [1.82, 2.24) is 13.5 Å². The van der Waals surface area contributed by atoms with Gasteiger partial charge in [-0.1, -0.05) is 19.1 Å². The van der Waals surface area contributed by atoms with Crippen molar-refractivity contribution in [2.75, 3.05) is 32.7 Å². The molecule has 0 aliphatic carbocycles. The van der Waals surface area contributed by atoms with E-state index in [0.717, 1.165) is 18.4 Å². The minimum absolute atomic E-state index is 0.102. The number of hydrogen-bond acceptors (Lipinski definition) is 3. The van der Waals surface area contributed by atoms with Gasteiger partial charge < -0.3 is 4.90 Å². The summed E-state index contributed by atoms with van der Waals surface area (Å²) < 4.78 is 41.4. The van der Waals surface area contributed by atoms with Crippen LogP contribution in [0.4, 0.5) is 4.39 Å². The lowest BCUT2D eigenvalue weighted by Gasteiger charge is -2.36. The highest BCUT2D eigenvalue weighted by atomic mass is 32.2. The maximum atomic E-state index is 13.0. The molecule has 0 unspecified atom stereocenters. The highest BCUT2D eigenvalue weighted by Crippen LogP contribution is 2.21. The quantitative estimate of drug-likeness (QED) is 0.797. The zero-order chi connectivity index (χ0) is 18.7. The summed E-state index contributed by atoms with van der Waals surface area (Å²) in [5.74, 6) is -0.0115. The number of rotatable bonds is 4. The summed E-state index contributed by atoms with van der Waals surface area (Å²) in [5.41, 5.74) is 0.730. The average molecular weight is 383 g/mol. The standard InChI is InChI=1S/C18H26FN3O3S/c1-15-4-2-9-20(12-15)18(23)14-22-11-3-10-21(26(22,24)25)13-16-5-7-17(19)8-6-16/h5-8,15H,2-4,9-14H2,1H3/t15-/m1/s1. The van der Waals surface area contributed by atoms with Crippen LogP contribution in [0, 0.1) is 11.7 Å². The topological polar surface area (TPSA) is 60.9 Å². The molecule has 2 heterocycles. The molecule has 2 fully saturated rings. The van der Waals surface area contributed by atoms with Crippen LogP contribution in [-0.4, -0.2) is 60.6 Å². The molecule has 0 bridgehead atoms. The molecule has 2 aliphatic heterocycles. The number of amides is 1. The van der Waals surface area contributed by atoms with Gasteiger partial charge in [-0.05, 0) is 42.9 Å². The Bertz CT molecular complexity index is 739. The molecular formula is C18H26FN3O3S. The smallest absolute Gasteiger partial charge is 0.282 e. The van der Waals surface area contributed by atoms with Crippen LogP contribution in [0.25, 0.3) is 0 Å². The molecule has 1 aromatic carbocycles. The van der Waals surface area contributed by atoms with E-state index in [1.165, 1.54) is 20.7 Å². The second-order valence-corrected chi connectivity index (χ2v) is 9.17. The molecule has 0 radical (unpaired) electrons. The Hall–Kier alpha value is -1.51. The Morgan fingerprint density at radius 3 is 2.50 bits per heavy atom. The molecule has 1 aromatic rings. The Kier molecular flexibility index (Phi) is 5.94. The first-order chi connectivity index (χ1) is 12.4. The van der Waals surface area contributed by atoms with E-state index in [-0.39, 0.29) is 24.8 Å². The molecular weight excluding hydrogens is 357 g/mol. The minimum Gasteiger partial charge on any atom is -0.341 e. The summed E-state index contributed by atoms with van der Waals surface area (Å²) in [5, 5.41) is 0.